The van der Waals surface area contributed by atoms with Crippen molar-refractivity contribution in [2.75, 3.05) is 12.4 Å². The number of anilines is 1. The number of hydrogen-bond acceptors (Lipinski definition) is 5. The molecule has 6 heteroatoms. The number of carbonyl (C=O) groups excluding carboxylic acids is 1. The maximum absolute atomic E-state index is 13.0. The first-order valence-electron chi connectivity index (χ1n) is 7.12. The summed E-state index contributed by atoms with van der Waals surface area (Å²) in [5.41, 5.74) is 2.09. The zero-order valence-electron chi connectivity index (χ0n) is 12.2. The molecule has 1 saturated carbocycles. The lowest BCUT2D eigenvalue weighted by Crippen LogP contribution is -2.10. The summed E-state index contributed by atoms with van der Waals surface area (Å²) in [5.74, 6) is -0.105. The van der Waals surface area contributed by atoms with E-state index in [1.807, 2.05) is 0 Å². The molecule has 0 saturated heterocycles. The van der Waals surface area contributed by atoms with E-state index in [9.17, 15) is 9.18 Å². The average molecular weight is 301 g/mol. The third kappa shape index (κ3) is 3.21. The van der Waals surface area contributed by atoms with Gasteiger partial charge in [0.1, 0.15) is 5.82 Å². The lowest BCUT2D eigenvalue weighted by molar-refractivity contribution is 0.0598. The Morgan fingerprint density at radius 2 is 2.14 bits per heavy atom. The van der Waals surface area contributed by atoms with E-state index in [1.165, 1.54) is 13.2 Å². The van der Waals surface area contributed by atoms with Gasteiger partial charge in [0, 0.05) is 5.92 Å². The van der Waals surface area contributed by atoms with Crippen LogP contribution in [0.2, 0.25) is 0 Å². The number of carbonyl (C=O) groups is 1. The molecule has 114 valence electrons. The molecule has 0 unspecified atom stereocenters. The smallest absolute Gasteiger partial charge is 0.339 e. The predicted molar refractivity (Wildman–Crippen MR) is 79.1 cm³/mol. The van der Waals surface area contributed by atoms with Crippen LogP contribution < -0.4 is 5.32 Å². The molecule has 2 aromatic rings. The van der Waals surface area contributed by atoms with Crippen molar-refractivity contribution in [3.05, 3.63) is 53.2 Å². The highest BCUT2D eigenvalue weighted by Crippen LogP contribution is 2.40. The number of nitrogens with zero attached hydrogens (tertiary/aromatic N) is 2. The zero-order chi connectivity index (χ0) is 15.5. The van der Waals surface area contributed by atoms with E-state index < -0.39 is 5.95 Å². The van der Waals surface area contributed by atoms with Crippen LogP contribution in [-0.2, 0) is 11.3 Å². The molecule has 1 fully saturated rings. The number of nitrogens with one attached hydrogen (secondary N) is 1. The molecule has 0 radical (unpaired) electrons. The molecule has 5 nitrogen and oxygen atoms in total. The van der Waals surface area contributed by atoms with Crippen LogP contribution in [0.3, 0.4) is 0 Å². The zero-order valence-corrected chi connectivity index (χ0v) is 12.2. The molecule has 1 N–H and O–H groups in total. The minimum absolute atomic E-state index is 0.335. The largest absolute Gasteiger partial charge is 0.465 e. The summed E-state index contributed by atoms with van der Waals surface area (Å²) < 4.78 is 17.8. The summed E-state index contributed by atoms with van der Waals surface area (Å²) in [5, 5.41) is 3.02. The number of pyridine rings is 2. The summed E-state index contributed by atoms with van der Waals surface area (Å²) in [7, 11) is 1.37. The van der Waals surface area contributed by atoms with Crippen molar-refractivity contribution in [2.24, 2.45) is 0 Å². The van der Waals surface area contributed by atoms with E-state index in [0.29, 0.717) is 23.8 Å². The van der Waals surface area contributed by atoms with E-state index >= 15 is 0 Å². The van der Waals surface area contributed by atoms with Gasteiger partial charge in [-0.05, 0) is 37.1 Å². The highest BCUT2D eigenvalue weighted by Gasteiger charge is 2.30. The Morgan fingerprint density at radius 3 is 2.82 bits per heavy atom. The van der Waals surface area contributed by atoms with Gasteiger partial charge in [-0.3, -0.25) is 4.98 Å². The van der Waals surface area contributed by atoms with Crippen LogP contribution in [0.4, 0.5) is 10.2 Å². The van der Waals surface area contributed by atoms with E-state index in [1.54, 1.807) is 24.3 Å². The molecule has 2 aromatic heterocycles. The van der Waals surface area contributed by atoms with Crippen LogP contribution in [0.15, 0.2) is 30.3 Å². The number of rotatable bonds is 5. The Kier molecular flexibility index (Phi) is 4.00. The second kappa shape index (κ2) is 6.09. The molecule has 0 amide bonds. The second-order valence-corrected chi connectivity index (χ2v) is 5.20. The van der Waals surface area contributed by atoms with Crippen molar-refractivity contribution in [1.82, 2.24) is 9.97 Å². The Morgan fingerprint density at radius 1 is 1.32 bits per heavy atom. The van der Waals surface area contributed by atoms with Gasteiger partial charge in [-0.25, -0.2) is 9.78 Å². The minimum Gasteiger partial charge on any atom is -0.465 e. The lowest BCUT2D eigenvalue weighted by Gasteiger charge is -2.10. The first kappa shape index (κ1) is 14.4. The molecular formula is C16H16FN3O2. The summed E-state index contributed by atoms with van der Waals surface area (Å²) in [6.45, 7) is 0.414. The number of aromatic nitrogens is 2. The van der Waals surface area contributed by atoms with E-state index in [2.05, 4.69) is 15.3 Å². The number of hydrogen-bond donors (Lipinski definition) is 1. The summed E-state index contributed by atoms with van der Waals surface area (Å²) >= 11 is 0. The Hall–Kier alpha value is -2.50. The van der Waals surface area contributed by atoms with Crippen molar-refractivity contribution in [3.63, 3.8) is 0 Å². The molecule has 1 aliphatic rings. The number of ether oxygens (including phenoxy) is 1. The van der Waals surface area contributed by atoms with Gasteiger partial charge in [0.15, 0.2) is 0 Å². The standard InChI is InChI=1S/C16H16FN3O2/c1-22-16(21)12-8-7-11(19-15(12)10-5-6-10)9-18-14-4-2-3-13(17)20-14/h2-4,7-8,10H,5-6,9H2,1H3,(H,18,20). The molecule has 1 aliphatic carbocycles. The lowest BCUT2D eigenvalue weighted by atomic mass is 10.1. The fraction of sp³-hybridized carbons (Fsp3) is 0.312. The molecule has 2 heterocycles. The SMILES string of the molecule is COC(=O)c1ccc(CNc2cccc(F)n2)nc1C1CC1. The molecule has 0 atom stereocenters. The van der Waals surface area contributed by atoms with Crippen LogP contribution in [-0.4, -0.2) is 23.0 Å². The molecule has 3 rings (SSSR count). The van der Waals surface area contributed by atoms with Crippen LogP contribution in [0.1, 0.15) is 40.5 Å². The van der Waals surface area contributed by atoms with Crippen LogP contribution in [0.5, 0.6) is 0 Å². The molecule has 0 bridgehead atoms. The fourth-order valence-corrected chi connectivity index (χ4v) is 2.25. The van der Waals surface area contributed by atoms with E-state index in [-0.39, 0.29) is 5.97 Å². The summed E-state index contributed by atoms with van der Waals surface area (Å²) in [6, 6.07) is 8.08. The van der Waals surface area contributed by atoms with Crippen molar-refractivity contribution in [2.45, 2.75) is 25.3 Å². The van der Waals surface area contributed by atoms with Gasteiger partial charge in [0.25, 0.3) is 0 Å². The first-order valence-corrected chi connectivity index (χ1v) is 7.12. The van der Waals surface area contributed by atoms with Gasteiger partial charge in [0.05, 0.1) is 30.6 Å². The number of methoxy groups -OCH3 is 1. The van der Waals surface area contributed by atoms with Crippen LogP contribution in [0, 0.1) is 5.95 Å². The highest BCUT2D eigenvalue weighted by molar-refractivity contribution is 5.90. The van der Waals surface area contributed by atoms with Gasteiger partial charge in [-0.15, -0.1) is 0 Å². The normalized spacial score (nSPS) is 13.7. The maximum Gasteiger partial charge on any atom is 0.339 e. The molecule has 22 heavy (non-hydrogen) atoms. The molecule has 0 aliphatic heterocycles. The van der Waals surface area contributed by atoms with Gasteiger partial charge in [-0.2, -0.15) is 4.39 Å². The second-order valence-electron chi connectivity index (χ2n) is 5.20. The Balaban J connectivity index is 1.77. The van der Waals surface area contributed by atoms with E-state index in [0.717, 1.165) is 24.2 Å². The van der Waals surface area contributed by atoms with Crippen molar-refractivity contribution < 1.29 is 13.9 Å². The van der Waals surface area contributed by atoms with E-state index in [4.69, 9.17) is 4.74 Å². The van der Waals surface area contributed by atoms with Gasteiger partial charge in [-0.1, -0.05) is 6.07 Å². The third-order valence-corrected chi connectivity index (χ3v) is 3.52. The van der Waals surface area contributed by atoms with Gasteiger partial charge >= 0.3 is 5.97 Å². The molecule has 0 spiro atoms. The van der Waals surface area contributed by atoms with Gasteiger partial charge in [0.2, 0.25) is 5.95 Å². The number of halogens is 1. The predicted octanol–water partition coefficient (Wildman–Crippen LogP) is 2.89. The monoisotopic (exact) mass is 301 g/mol. The quantitative estimate of drug-likeness (QED) is 0.679. The topological polar surface area (TPSA) is 64.1 Å². The van der Waals surface area contributed by atoms with Crippen molar-refractivity contribution in [1.29, 1.82) is 0 Å². The summed E-state index contributed by atoms with van der Waals surface area (Å²) in [6.07, 6.45) is 2.08. The third-order valence-electron chi connectivity index (χ3n) is 3.52. The Bertz CT molecular complexity index is 702. The maximum atomic E-state index is 13.0. The highest BCUT2D eigenvalue weighted by atomic mass is 19.1. The minimum atomic E-state index is -0.530. The first-order chi connectivity index (χ1) is 10.7. The summed E-state index contributed by atoms with van der Waals surface area (Å²) in [4.78, 5) is 20.1. The fourth-order valence-electron chi connectivity index (χ4n) is 2.25. The van der Waals surface area contributed by atoms with Crippen molar-refractivity contribution >= 4 is 11.8 Å². The Labute approximate surface area is 127 Å². The van der Waals surface area contributed by atoms with Crippen LogP contribution >= 0.6 is 0 Å². The van der Waals surface area contributed by atoms with Crippen molar-refractivity contribution in [3.8, 4) is 0 Å². The van der Waals surface area contributed by atoms with Gasteiger partial charge < -0.3 is 10.1 Å². The number of esters is 1. The van der Waals surface area contributed by atoms with Crippen LogP contribution in [0.25, 0.3) is 0 Å². The molecule has 0 aromatic carbocycles. The molecular weight excluding hydrogens is 285 g/mol. The average Bonchev–Trinajstić information content (AvgIpc) is 3.37.